The van der Waals surface area contributed by atoms with Crippen molar-refractivity contribution in [1.29, 1.82) is 0 Å². The molecule has 3 nitrogen and oxygen atoms in total. The molecule has 100 valence electrons. The zero-order valence-electron chi connectivity index (χ0n) is 11.1. The number of aliphatic hydroxyl groups is 1. The zero-order chi connectivity index (χ0) is 13.3. The van der Waals surface area contributed by atoms with Gasteiger partial charge in [0.25, 0.3) is 0 Å². The number of anilines is 1. The molecule has 1 aromatic rings. The minimum Gasteiger partial charge on any atom is -0.389 e. The molecule has 0 bridgehead atoms. The smallest absolute Gasteiger partial charge is 0.0762 e. The number of likely N-dealkylation sites (N-methyl/N-ethyl adjacent to an activating group) is 1. The van der Waals surface area contributed by atoms with E-state index in [0.29, 0.717) is 11.1 Å². The lowest BCUT2D eigenvalue weighted by molar-refractivity contribution is 0.118. The number of ether oxygens (including phenoxy) is 1. The van der Waals surface area contributed by atoms with Crippen LogP contribution in [0.1, 0.15) is 31.9 Å². The van der Waals surface area contributed by atoms with Crippen LogP contribution >= 0.6 is 11.6 Å². The quantitative estimate of drug-likeness (QED) is 0.916. The summed E-state index contributed by atoms with van der Waals surface area (Å²) < 4.78 is 5.59. The largest absolute Gasteiger partial charge is 0.389 e. The number of nitrogens with zero attached hydrogens (tertiary/aromatic N) is 1. The van der Waals surface area contributed by atoms with Gasteiger partial charge in [0, 0.05) is 13.7 Å². The van der Waals surface area contributed by atoms with Crippen LogP contribution in [0.15, 0.2) is 18.2 Å². The van der Waals surface area contributed by atoms with Crippen LogP contribution in [0, 0.1) is 0 Å². The first-order valence-corrected chi connectivity index (χ1v) is 6.70. The summed E-state index contributed by atoms with van der Waals surface area (Å²) in [6, 6.07) is 6.08. The molecular formula is C14H20ClNO2. The molecular weight excluding hydrogens is 250 g/mol. The van der Waals surface area contributed by atoms with E-state index in [0.717, 1.165) is 24.3 Å². The van der Waals surface area contributed by atoms with Crippen molar-refractivity contribution in [3.63, 3.8) is 0 Å². The van der Waals surface area contributed by atoms with Crippen molar-refractivity contribution in [2.45, 2.75) is 38.5 Å². The molecule has 4 heteroatoms. The molecule has 1 aliphatic rings. The van der Waals surface area contributed by atoms with Crippen LogP contribution in [0.2, 0.25) is 5.02 Å². The van der Waals surface area contributed by atoms with Gasteiger partial charge in [-0.3, -0.25) is 0 Å². The number of halogens is 1. The van der Waals surface area contributed by atoms with Gasteiger partial charge in [-0.2, -0.15) is 0 Å². The number of hydrogen-bond acceptors (Lipinski definition) is 3. The van der Waals surface area contributed by atoms with Crippen molar-refractivity contribution in [2.75, 3.05) is 18.6 Å². The van der Waals surface area contributed by atoms with E-state index in [2.05, 4.69) is 11.8 Å². The number of benzene rings is 1. The van der Waals surface area contributed by atoms with Crippen LogP contribution in [0.4, 0.5) is 5.69 Å². The molecule has 1 heterocycles. The van der Waals surface area contributed by atoms with E-state index in [-0.39, 0.29) is 6.10 Å². The van der Waals surface area contributed by atoms with E-state index in [9.17, 15) is 5.11 Å². The van der Waals surface area contributed by atoms with E-state index >= 15 is 0 Å². The Kier molecular flexibility index (Phi) is 4.15. The third kappa shape index (κ3) is 2.63. The maximum atomic E-state index is 9.54. The Bertz CT molecular complexity index is 422. The van der Waals surface area contributed by atoms with Crippen LogP contribution in [0.5, 0.6) is 0 Å². The van der Waals surface area contributed by atoms with Gasteiger partial charge in [-0.1, -0.05) is 17.7 Å². The summed E-state index contributed by atoms with van der Waals surface area (Å²) in [7, 11) is 2.04. The van der Waals surface area contributed by atoms with Gasteiger partial charge in [0.05, 0.1) is 29.0 Å². The molecule has 0 spiro atoms. The highest BCUT2D eigenvalue weighted by Crippen LogP contribution is 2.32. The number of hydrogen-bond donors (Lipinski definition) is 1. The summed E-state index contributed by atoms with van der Waals surface area (Å²) in [4.78, 5) is 2.17. The van der Waals surface area contributed by atoms with Gasteiger partial charge < -0.3 is 14.7 Å². The van der Waals surface area contributed by atoms with Crippen LogP contribution < -0.4 is 4.90 Å². The Morgan fingerprint density at radius 1 is 1.50 bits per heavy atom. The van der Waals surface area contributed by atoms with E-state index in [1.165, 1.54) is 0 Å². The predicted octanol–water partition coefficient (Wildman–Crippen LogP) is 3.01. The van der Waals surface area contributed by atoms with Crippen molar-refractivity contribution < 1.29 is 9.84 Å². The van der Waals surface area contributed by atoms with Crippen molar-refractivity contribution in [3.8, 4) is 0 Å². The van der Waals surface area contributed by atoms with Crippen molar-refractivity contribution in [1.82, 2.24) is 0 Å². The van der Waals surface area contributed by atoms with Crippen molar-refractivity contribution in [3.05, 3.63) is 28.8 Å². The molecule has 3 atom stereocenters. The Hall–Kier alpha value is -0.770. The fourth-order valence-electron chi connectivity index (χ4n) is 2.48. The highest BCUT2D eigenvalue weighted by Gasteiger charge is 2.28. The molecule has 2 rings (SSSR count). The van der Waals surface area contributed by atoms with Crippen LogP contribution in [-0.4, -0.2) is 30.9 Å². The Morgan fingerprint density at radius 3 is 2.72 bits per heavy atom. The summed E-state index contributed by atoms with van der Waals surface area (Å²) in [5.74, 6) is 0. The van der Waals surface area contributed by atoms with Gasteiger partial charge in [-0.25, -0.2) is 0 Å². The molecule has 1 saturated heterocycles. The molecule has 1 aromatic carbocycles. The van der Waals surface area contributed by atoms with Crippen LogP contribution in [0.25, 0.3) is 0 Å². The topological polar surface area (TPSA) is 32.7 Å². The average molecular weight is 270 g/mol. The minimum absolute atomic E-state index is 0.225. The second-order valence-corrected chi connectivity index (χ2v) is 5.34. The summed E-state index contributed by atoms with van der Waals surface area (Å²) in [5, 5.41) is 10.2. The molecule has 18 heavy (non-hydrogen) atoms. The first-order chi connectivity index (χ1) is 8.50. The third-order valence-corrected chi connectivity index (χ3v) is 3.97. The SMILES string of the molecule is CC1OCCC1N(C)c1ccc([C@H](C)O)cc1Cl. The normalized spacial score (nSPS) is 25.2. The highest BCUT2D eigenvalue weighted by atomic mass is 35.5. The summed E-state index contributed by atoms with van der Waals surface area (Å²) >= 11 is 6.30. The first kappa shape index (κ1) is 13.7. The van der Waals surface area contributed by atoms with E-state index in [1.807, 2.05) is 25.2 Å². The average Bonchev–Trinajstić information content (AvgIpc) is 2.74. The van der Waals surface area contributed by atoms with Gasteiger partial charge in [-0.05, 0) is 38.0 Å². The summed E-state index contributed by atoms with van der Waals surface area (Å²) in [5.41, 5.74) is 1.83. The van der Waals surface area contributed by atoms with Gasteiger partial charge in [0.1, 0.15) is 0 Å². The Balaban J connectivity index is 2.22. The fourth-order valence-corrected chi connectivity index (χ4v) is 2.80. The fraction of sp³-hybridized carbons (Fsp3) is 0.571. The maximum Gasteiger partial charge on any atom is 0.0762 e. The van der Waals surface area contributed by atoms with Gasteiger partial charge in [0.2, 0.25) is 0 Å². The van der Waals surface area contributed by atoms with Crippen molar-refractivity contribution >= 4 is 17.3 Å². The molecule has 0 aliphatic carbocycles. The molecule has 2 unspecified atom stereocenters. The summed E-state index contributed by atoms with van der Waals surface area (Å²) in [6.07, 6.45) is 0.754. The lowest BCUT2D eigenvalue weighted by Gasteiger charge is -2.29. The van der Waals surface area contributed by atoms with Gasteiger partial charge in [-0.15, -0.1) is 0 Å². The third-order valence-electron chi connectivity index (χ3n) is 3.67. The second kappa shape index (κ2) is 5.47. The Morgan fingerprint density at radius 2 is 2.22 bits per heavy atom. The number of rotatable bonds is 3. The monoisotopic (exact) mass is 269 g/mol. The van der Waals surface area contributed by atoms with E-state index in [4.69, 9.17) is 16.3 Å². The molecule has 0 aromatic heterocycles. The molecule has 1 aliphatic heterocycles. The molecule has 1 fully saturated rings. The highest BCUT2D eigenvalue weighted by molar-refractivity contribution is 6.33. The maximum absolute atomic E-state index is 9.54. The lowest BCUT2D eigenvalue weighted by Crippen LogP contribution is -2.36. The molecule has 1 N–H and O–H groups in total. The first-order valence-electron chi connectivity index (χ1n) is 6.32. The van der Waals surface area contributed by atoms with Crippen LogP contribution in [0.3, 0.4) is 0 Å². The van der Waals surface area contributed by atoms with E-state index in [1.54, 1.807) is 6.92 Å². The number of aliphatic hydroxyl groups excluding tert-OH is 1. The summed E-state index contributed by atoms with van der Waals surface area (Å²) in [6.45, 7) is 4.63. The zero-order valence-corrected chi connectivity index (χ0v) is 11.8. The standard InChI is InChI=1S/C14H20ClNO2/c1-9(17)11-4-5-14(12(15)8-11)16(3)13-6-7-18-10(13)2/h4-5,8-10,13,17H,6-7H2,1-3H3/t9-,10?,13?/m0/s1. The minimum atomic E-state index is -0.490. The Labute approximate surface area is 113 Å². The molecule has 0 amide bonds. The molecule has 0 radical (unpaired) electrons. The second-order valence-electron chi connectivity index (χ2n) is 4.93. The van der Waals surface area contributed by atoms with Crippen molar-refractivity contribution in [2.24, 2.45) is 0 Å². The lowest BCUT2D eigenvalue weighted by atomic mass is 10.1. The van der Waals surface area contributed by atoms with E-state index < -0.39 is 6.10 Å². The van der Waals surface area contributed by atoms with Gasteiger partial charge in [0.15, 0.2) is 0 Å². The molecule has 0 saturated carbocycles. The predicted molar refractivity (Wildman–Crippen MR) is 74.3 cm³/mol. The van der Waals surface area contributed by atoms with Crippen LogP contribution in [-0.2, 0) is 4.74 Å². The van der Waals surface area contributed by atoms with Gasteiger partial charge >= 0.3 is 0 Å².